The van der Waals surface area contributed by atoms with Gasteiger partial charge in [-0.2, -0.15) is 4.39 Å². The number of carbonyl (C=O) groups excluding carboxylic acids is 1. The van der Waals surface area contributed by atoms with Crippen LogP contribution in [0.1, 0.15) is 21.5 Å². The number of halogens is 1. The van der Waals surface area contributed by atoms with E-state index in [1.54, 1.807) is 0 Å². The van der Waals surface area contributed by atoms with E-state index in [-0.39, 0.29) is 18.0 Å². The SMILES string of the molecule is Cc1ccc(Oc2ccccc2CNC(=O)c2ccnc(F)c2)cc1. The number of para-hydroxylation sites is 1. The summed E-state index contributed by atoms with van der Waals surface area (Å²) in [6, 6.07) is 17.7. The van der Waals surface area contributed by atoms with Gasteiger partial charge in [-0.05, 0) is 31.2 Å². The van der Waals surface area contributed by atoms with Crippen LogP contribution in [0, 0.1) is 12.9 Å². The van der Waals surface area contributed by atoms with E-state index >= 15 is 0 Å². The van der Waals surface area contributed by atoms with Crippen LogP contribution in [-0.4, -0.2) is 10.9 Å². The maximum Gasteiger partial charge on any atom is 0.251 e. The number of aryl methyl sites for hydroxylation is 1. The van der Waals surface area contributed by atoms with Gasteiger partial charge in [-0.15, -0.1) is 0 Å². The highest BCUT2D eigenvalue weighted by Crippen LogP contribution is 2.25. The molecule has 1 amide bonds. The molecule has 3 rings (SSSR count). The average Bonchev–Trinajstić information content (AvgIpc) is 2.62. The standard InChI is InChI=1S/C20H17FN2O2/c1-14-6-8-17(9-7-14)25-18-5-3-2-4-16(18)13-23-20(24)15-10-11-22-19(21)12-15/h2-12H,13H2,1H3,(H,23,24). The quantitative estimate of drug-likeness (QED) is 0.709. The fourth-order valence-corrected chi connectivity index (χ4v) is 2.30. The Morgan fingerprint density at radius 1 is 1.12 bits per heavy atom. The molecule has 1 heterocycles. The minimum absolute atomic E-state index is 0.226. The van der Waals surface area contributed by atoms with Gasteiger partial charge in [0.25, 0.3) is 5.91 Å². The summed E-state index contributed by atoms with van der Waals surface area (Å²) in [7, 11) is 0. The predicted molar refractivity (Wildman–Crippen MR) is 93.1 cm³/mol. The van der Waals surface area contributed by atoms with Gasteiger partial charge in [0.1, 0.15) is 11.5 Å². The zero-order chi connectivity index (χ0) is 17.6. The fraction of sp³-hybridized carbons (Fsp3) is 0.100. The van der Waals surface area contributed by atoms with Gasteiger partial charge in [0.05, 0.1) is 0 Å². The normalized spacial score (nSPS) is 10.3. The van der Waals surface area contributed by atoms with Gasteiger partial charge in [-0.25, -0.2) is 4.98 Å². The van der Waals surface area contributed by atoms with Crippen molar-refractivity contribution in [2.24, 2.45) is 0 Å². The van der Waals surface area contributed by atoms with Crippen LogP contribution in [0.4, 0.5) is 4.39 Å². The lowest BCUT2D eigenvalue weighted by atomic mass is 10.2. The molecule has 25 heavy (non-hydrogen) atoms. The summed E-state index contributed by atoms with van der Waals surface area (Å²) in [5, 5.41) is 2.76. The molecule has 0 atom stereocenters. The van der Waals surface area contributed by atoms with Crippen LogP contribution in [0.3, 0.4) is 0 Å². The summed E-state index contributed by atoms with van der Waals surface area (Å²) in [5.74, 6) is 0.329. The molecule has 5 heteroatoms. The third-order valence-electron chi connectivity index (χ3n) is 3.65. The van der Waals surface area contributed by atoms with Crippen molar-refractivity contribution in [2.75, 3.05) is 0 Å². The molecule has 126 valence electrons. The van der Waals surface area contributed by atoms with Crippen LogP contribution in [0.5, 0.6) is 11.5 Å². The summed E-state index contributed by atoms with van der Waals surface area (Å²) >= 11 is 0. The van der Waals surface area contributed by atoms with Crippen molar-refractivity contribution in [1.82, 2.24) is 10.3 Å². The fourth-order valence-electron chi connectivity index (χ4n) is 2.30. The first-order valence-electron chi connectivity index (χ1n) is 7.84. The number of carbonyl (C=O) groups is 1. The highest BCUT2D eigenvalue weighted by atomic mass is 19.1. The molecule has 4 nitrogen and oxygen atoms in total. The number of rotatable bonds is 5. The highest BCUT2D eigenvalue weighted by molar-refractivity contribution is 5.94. The van der Waals surface area contributed by atoms with E-state index in [0.29, 0.717) is 5.75 Å². The van der Waals surface area contributed by atoms with E-state index in [2.05, 4.69) is 10.3 Å². The lowest BCUT2D eigenvalue weighted by molar-refractivity contribution is 0.0950. The number of ether oxygens (including phenoxy) is 1. The summed E-state index contributed by atoms with van der Waals surface area (Å²) in [4.78, 5) is 15.6. The van der Waals surface area contributed by atoms with Crippen LogP contribution < -0.4 is 10.1 Å². The number of nitrogens with zero attached hydrogens (tertiary/aromatic N) is 1. The second-order valence-corrected chi connectivity index (χ2v) is 5.57. The largest absolute Gasteiger partial charge is 0.457 e. The van der Waals surface area contributed by atoms with Crippen molar-refractivity contribution in [1.29, 1.82) is 0 Å². The van der Waals surface area contributed by atoms with Crippen molar-refractivity contribution in [3.63, 3.8) is 0 Å². The number of nitrogens with one attached hydrogen (secondary N) is 1. The molecule has 3 aromatic rings. The maximum atomic E-state index is 13.1. The lowest BCUT2D eigenvalue weighted by Gasteiger charge is -2.12. The van der Waals surface area contributed by atoms with E-state index in [1.165, 1.54) is 12.3 Å². The van der Waals surface area contributed by atoms with E-state index < -0.39 is 5.95 Å². The number of aromatic nitrogens is 1. The van der Waals surface area contributed by atoms with Crippen molar-refractivity contribution >= 4 is 5.91 Å². The molecule has 0 fully saturated rings. The van der Waals surface area contributed by atoms with Crippen LogP contribution in [-0.2, 0) is 6.54 Å². The Morgan fingerprint density at radius 3 is 2.64 bits per heavy atom. The van der Waals surface area contributed by atoms with Gasteiger partial charge in [-0.3, -0.25) is 4.79 Å². The van der Waals surface area contributed by atoms with Crippen molar-refractivity contribution < 1.29 is 13.9 Å². The monoisotopic (exact) mass is 336 g/mol. The molecule has 0 aliphatic carbocycles. The van der Waals surface area contributed by atoms with Crippen molar-refractivity contribution in [2.45, 2.75) is 13.5 Å². The molecule has 0 bridgehead atoms. The summed E-state index contributed by atoms with van der Waals surface area (Å²) in [6.07, 6.45) is 1.26. The first kappa shape index (κ1) is 16.6. The molecule has 1 N–H and O–H groups in total. The first-order valence-corrected chi connectivity index (χ1v) is 7.84. The topological polar surface area (TPSA) is 51.2 Å². The minimum Gasteiger partial charge on any atom is -0.457 e. The number of hydrogen-bond acceptors (Lipinski definition) is 3. The Kier molecular flexibility index (Phi) is 5.04. The minimum atomic E-state index is -0.684. The van der Waals surface area contributed by atoms with E-state index in [9.17, 15) is 9.18 Å². The molecule has 0 spiro atoms. The number of benzene rings is 2. The zero-order valence-corrected chi connectivity index (χ0v) is 13.7. The molecule has 2 aromatic carbocycles. The second-order valence-electron chi connectivity index (χ2n) is 5.57. The second kappa shape index (κ2) is 7.57. The molecule has 0 radical (unpaired) electrons. The maximum absolute atomic E-state index is 13.1. The van der Waals surface area contributed by atoms with Gasteiger partial charge < -0.3 is 10.1 Å². The molecule has 0 saturated carbocycles. The van der Waals surface area contributed by atoms with Gasteiger partial charge in [-0.1, -0.05) is 35.9 Å². The molecular weight excluding hydrogens is 319 g/mol. The van der Waals surface area contributed by atoms with Gasteiger partial charge in [0.15, 0.2) is 0 Å². The first-order chi connectivity index (χ1) is 12.1. The van der Waals surface area contributed by atoms with E-state index in [4.69, 9.17) is 4.74 Å². The molecule has 1 aromatic heterocycles. The van der Waals surface area contributed by atoms with Crippen LogP contribution in [0.15, 0.2) is 66.9 Å². The number of amides is 1. The zero-order valence-electron chi connectivity index (χ0n) is 13.7. The Hall–Kier alpha value is -3.21. The summed E-state index contributed by atoms with van der Waals surface area (Å²) < 4.78 is 19.0. The van der Waals surface area contributed by atoms with Crippen LogP contribution >= 0.6 is 0 Å². The van der Waals surface area contributed by atoms with Gasteiger partial charge in [0, 0.05) is 29.9 Å². The van der Waals surface area contributed by atoms with E-state index in [1.807, 2.05) is 55.5 Å². The molecule has 0 aliphatic heterocycles. The third-order valence-corrected chi connectivity index (χ3v) is 3.65. The van der Waals surface area contributed by atoms with Crippen molar-refractivity contribution in [3.8, 4) is 11.5 Å². The number of hydrogen-bond donors (Lipinski definition) is 1. The van der Waals surface area contributed by atoms with Crippen molar-refractivity contribution in [3.05, 3.63) is 89.5 Å². The lowest BCUT2D eigenvalue weighted by Crippen LogP contribution is -2.23. The molecular formula is C20H17FN2O2. The Morgan fingerprint density at radius 2 is 1.88 bits per heavy atom. The van der Waals surface area contributed by atoms with Gasteiger partial charge >= 0.3 is 0 Å². The summed E-state index contributed by atoms with van der Waals surface area (Å²) in [6.45, 7) is 2.28. The number of pyridine rings is 1. The Labute approximate surface area is 145 Å². The highest BCUT2D eigenvalue weighted by Gasteiger charge is 2.09. The Balaban J connectivity index is 1.70. The smallest absolute Gasteiger partial charge is 0.251 e. The Bertz CT molecular complexity index is 879. The van der Waals surface area contributed by atoms with E-state index in [0.717, 1.165) is 22.9 Å². The van der Waals surface area contributed by atoms with Crippen LogP contribution in [0.25, 0.3) is 0 Å². The molecule has 0 unspecified atom stereocenters. The third kappa shape index (κ3) is 4.41. The predicted octanol–water partition coefficient (Wildman–Crippen LogP) is 4.25. The van der Waals surface area contributed by atoms with Crippen LogP contribution in [0.2, 0.25) is 0 Å². The summed E-state index contributed by atoms with van der Waals surface area (Å²) in [5.41, 5.74) is 2.20. The molecule has 0 aliphatic rings. The van der Waals surface area contributed by atoms with Gasteiger partial charge in [0.2, 0.25) is 5.95 Å². The average molecular weight is 336 g/mol. The molecule has 0 saturated heterocycles.